The van der Waals surface area contributed by atoms with Crippen molar-refractivity contribution in [2.24, 2.45) is 0 Å². The van der Waals surface area contributed by atoms with Gasteiger partial charge in [-0.05, 0) is 44.2 Å². The lowest BCUT2D eigenvalue weighted by atomic mass is 9.84. The van der Waals surface area contributed by atoms with Crippen molar-refractivity contribution in [3.05, 3.63) is 69.6 Å². The Morgan fingerprint density at radius 1 is 1.07 bits per heavy atom. The van der Waals surface area contributed by atoms with Crippen molar-refractivity contribution >= 4 is 11.8 Å². The molecule has 1 aromatic carbocycles. The van der Waals surface area contributed by atoms with Crippen LogP contribution in [0.15, 0.2) is 47.3 Å². The molecule has 6 heteroatoms. The molecule has 1 atom stereocenters. The maximum Gasteiger partial charge on any atom is 0.255 e. The number of amides is 2. The highest BCUT2D eigenvalue weighted by molar-refractivity contribution is 6.00. The van der Waals surface area contributed by atoms with Crippen molar-refractivity contribution in [3.8, 4) is 0 Å². The van der Waals surface area contributed by atoms with Crippen LogP contribution in [0.3, 0.4) is 0 Å². The van der Waals surface area contributed by atoms with Crippen LogP contribution in [0, 0.1) is 6.92 Å². The van der Waals surface area contributed by atoms with E-state index in [9.17, 15) is 14.4 Å². The van der Waals surface area contributed by atoms with Gasteiger partial charge in [-0.2, -0.15) is 0 Å². The summed E-state index contributed by atoms with van der Waals surface area (Å²) in [6.07, 6.45) is 3.05. The third-order valence-electron chi connectivity index (χ3n) is 5.88. The normalized spacial score (nSPS) is 22.1. The Labute approximate surface area is 164 Å². The largest absolute Gasteiger partial charge is 0.336 e. The van der Waals surface area contributed by atoms with E-state index in [0.717, 1.165) is 18.4 Å². The molecule has 0 saturated carbocycles. The monoisotopic (exact) mass is 379 g/mol. The van der Waals surface area contributed by atoms with Crippen molar-refractivity contribution in [3.63, 3.8) is 0 Å². The molecular weight excluding hydrogens is 354 g/mol. The summed E-state index contributed by atoms with van der Waals surface area (Å²) >= 11 is 0. The first-order valence-corrected chi connectivity index (χ1v) is 9.86. The van der Waals surface area contributed by atoms with Gasteiger partial charge in [0.05, 0.1) is 0 Å². The summed E-state index contributed by atoms with van der Waals surface area (Å²) in [5.41, 5.74) is 1.02. The number of benzene rings is 1. The Morgan fingerprint density at radius 2 is 1.79 bits per heavy atom. The number of carbonyl (C=O) groups is 2. The van der Waals surface area contributed by atoms with E-state index in [-0.39, 0.29) is 17.4 Å². The minimum absolute atomic E-state index is 0.0371. The van der Waals surface area contributed by atoms with Gasteiger partial charge >= 0.3 is 0 Å². The maximum absolute atomic E-state index is 13.5. The van der Waals surface area contributed by atoms with Crippen molar-refractivity contribution in [2.45, 2.75) is 44.7 Å². The zero-order valence-corrected chi connectivity index (χ0v) is 16.1. The van der Waals surface area contributed by atoms with Gasteiger partial charge in [0, 0.05) is 37.0 Å². The number of aryl methyl sites for hydroxylation is 1. The van der Waals surface area contributed by atoms with E-state index in [2.05, 4.69) is 4.98 Å². The minimum Gasteiger partial charge on any atom is -0.336 e. The molecule has 2 fully saturated rings. The first-order chi connectivity index (χ1) is 13.5. The van der Waals surface area contributed by atoms with E-state index in [4.69, 9.17) is 0 Å². The fraction of sp³-hybridized carbons (Fsp3) is 0.409. The SMILES string of the molecule is Cc1cc(C(=O)N2CCCC23CCCN(Cc2ccccc2)C3=O)cc(=O)[nH]1. The van der Waals surface area contributed by atoms with Gasteiger partial charge in [0.2, 0.25) is 11.5 Å². The van der Waals surface area contributed by atoms with E-state index in [1.807, 2.05) is 35.2 Å². The molecule has 1 spiro atoms. The summed E-state index contributed by atoms with van der Waals surface area (Å²) in [6.45, 7) is 3.58. The molecule has 0 aliphatic carbocycles. The number of hydrogen-bond acceptors (Lipinski definition) is 3. The summed E-state index contributed by atoms with van der Waals surface area (Å²) in [7, 11) is 0. The van der Waals surface area contributed by atoms with Crippen molar-refractivity contribution in [1.29, 1.82) is 0 Å². The number of likely N-dealkylation sites (tertiary alicyclic amines) is 2. The summed E-state index contributed by atoms with van der Waals surface area (Å²) < 4.78 is 0. The van der Waals surface area contributed by atoms with Crippen molar-refractivity contribution in [2.75, 3.05) is 13.1 Å². The molecule has 2 amide bonds. The number of rotatable bonds is 3. The molecule has 2 saturated heterocycles. The standard InChI is InChI=1S/C22H25N3O3/c1-16-13-18(14-19(26)23-16)20(27)25-12-6-10-22(25)9-5-11-24(21(22)28)15-17-7-3-2-4-8-17/h2-4,7-8,13-14H,5-6,9-12,15H2,1H3,(H,23,26). The smallest absolute Gasteiger partial charge is 0.255 e. The lowest BCUT2D eigenvalue weighted by molar-refractivity contribution is -0.146. The van der Waals surface area contributed by atoms with Crippen LogP contribution in [0.5, 0.6) is 0 Å². The highest BCUT2D eigenvalue weighted by atomic mass is 16.2. The molecule has 1 unspecified atom stereocenters. The summed E-state index contributed by atoms with van der Waals surface area (Å²) in [5.74, 6) is -0.184. The molecule has 6 nitrogen and oxygen atoms in total. The van der Waals surface area contributed by atoms with E-state index >= 15 is 0 Å². The van der Waals surface area contributed by atoms with Crippen molar-refractivity contribution < 1.29 is 9.59 Å². The maximum atomic E-state index is 13.5. The number of aromatic amines is 1. The van der Waals surface area contributed by atoms with Gasteiger partial charge in [-0.15, -0.1) is 0 Å². The topological polar surface area (TPSA) is 73.5 Å². The van der Waals surface area contributed by atoms with Crippen LogP contribution < -0.4 is 5.56 Å². The molecule has 3 heterocycles. The molecule has 2 aromatic rings. The summed E-state index contributed by atoms with van der Waals surface area (Å²) in [6, 6.07) is 13.0. The van der Waals surface area contributed by atoms with Crippen LogP contribution in [0.25, 0.3) is 0 Å². The van der Waals surface area contributed by atoms with Crippen LogP contribution in [0.1, 0.15) is 47.3 Å². The van der Waals surface area contributed by atoms with Crippen LogP contribution in [-0.2, 0) is 11.3 Å². The third-order valence-corrected chi connectivity index (χ3v) is 5.88. The highest BCUT2D eigenvalue weighted by Crippen LogP contribution is 2.39. The van der Waals surface area contributed by atoms with E-state index < -0.39 is 5.54 Å². The Hall–Kier alpha value is -2.89. The minimum atomic E-state index is -0.777. The first kappa shape index (κ1) is 18.5. The number of hydrogen-bond donors (Lipinski definition) is 1. The molecule has 0 bridgehead atoms. The van der Waals surface area contributed by atoms with Crippen LogP contribution in [-0.4, -0.2) is 45.2 Å². The van der Waals surface area contributed by atoms with Gasteiger partial charge in [-0.25, -0.2) is 0 Å². The molecule has 1 aromatic heterocycles. The van der Waals surface area contributed by atoms with E-state index in [1.165, 1.54) is 6.07 Å². The Balaban J connectivity index is 1.62. The highest BCUT2D eigenvalue weighted by Gasteiger charge is 2.52. The fourth-order valence-electron chi connectivity index (χ4n) is 4.64. The third kappa shape index (κ3) is 3.23. The van der Waals surface area contributed by atoms with Gasteiger partial charge in [0.25, 0.3) is 5.91 Å². The van der Waals surface area contributed by atoms with Crippen LogP contribution >= 0.6 is 0 Å². The molecule has 2 aliphatic heterocycles. The number of pyridine rings is 1. The number of carbonyl (C=O) groups excluding carboxylic acids is 2. The van der Waals surface area contributed by atoms with Gasteiger partial charge in [0.15, 0.2) is 0 Å². The van der Waals surface area contributed by atoms with Gasteiger partial charge in [0.1, 0.15) is 5.54 Å². The molecule has 0 radical (unpaired) electrons. The number of H-pyrrole nitrogens is 1. The van der Waals surface area contributed by atoms with Crippen LogP contribution in [0.2, 0.25) is 0 Å². The molecule has 28 heavy (non-hydrogen) atoms. The Bertz CT molecular complexity index is 953. The number of nitrogens with one attached hydrogen (secondary N) is 1. The lowest BCUT2D eigenvalue weighted by Crippen LogP contribution is -2.61. The second-order valence-corrected chi connectivity index (χ2v) is 7.82. The predicted molar refractivity (Wildman–Crippen MR) is 106 cm³/mol. The van der Waals surface area contributed by atoms with Gasteiger partial charge < -0.3 is 14.8 Å². The summed E-state index contributed by atoms with van der Waals surface area (Å²) in [4.78, 5) is 44.8. The molecule has 146 valence electrons. The second-order valence-electron chi connectivity index (χ2n) is 7.82. The van der Waals surface area contributed by atoms with Gasteiger partial charge in [-0.3, -0.25) is 14.4 Å². The number of nitrogens with zero attached hydrogens (tertiary/aromatic N) is 2. The zero-order chi connectivity index (χ0) is 19.7. The lowest BCUT2D eigenvalue weighted by Gasteiger charge is -2.44. The van der Waals surface area contributed by atoms with E-state index in [0.29, 0.717) is 43.7 Å². The Kier molecular flexibility index (Phi) is 4.79. The van der Waals surface area contributed by atoms with Gasteiger partial charge in [-0.1, -0.05) is 30.3 Å². The second kappa shape index (κ2) is 7.26. The van der Waals surface area contributed by atoms with E-state index in [1.54, 1.807) is 17.9 Å². The molecule has 2 aliphatic rings. The quantitative estimate of drug-likeness (QED) is 0.890. The number of piperidine rings is 1. The number of aromatic nitrogens is 1. The van der Waals surface area contributed by atoms with Crippen molar-refractivity contribution in [1.82, 2.24) is 14.8 Å². The molecule has 1 N–H and O–H groups in total. The average molecular weight is 379 g/mol. The summed E-state index contributed by atoms with van der Waals surface area (Å²) in [5, 5.41) is 0. The Morgan fingerprint density at radius 3 is 2.50 bits per heavy atom. The fourth-order valence-corrected chi connectivity index (χ4v) is 4.64. The molecular formula is C22H25N3O3. The zero-order valence-electron chi connectivity index (χ0n) is 16.1. The van der Waals surface area contributed by atoms with Crippen LogP contribution in [0.4, 0.5) is 0 Å². The predicted octanol–water partition coefficient (Wildman–Crippen LogP) is 2.48. The molecule has 4 rings (SSSR count). The first-order valence-electron chi connectivity index (χ1n) is 9.86. The average Bonchev–Trinajstić information content (AvgIpc) is 3.09.